The molecule has 1 N–H and O–H groups in total. The van der Waals surface area contributed by atoms with E-state index in [4.69, 9.17) is 0 Å². The second-order valence-electron chi connectivity index (χ2n) is 4.45. The van der Waals surface area contributed by atoms with Gasteiger partial charge in [-0.2, -0.15) is 0 Å². The molecule has 96 valence electrons. The van der Waals surface area contributed by atoms with Crippen LogP contribution in [0, 0.1) is 0 Å². The van der Waals surface area contributed by atoms with E-state index in [2.05, 4.69) is 31.1 Å². The normalized spacial score (nSPS) is 10.2. The van der Waals surface area contributed by atoms with Crippen LogP contribution >= 0.6 is 12.4 Å². The Labute approximate surface area is 114 Å². The van der Waals surface area contributed by atoms with E-state index >= 15 is 0 Å². The average Bonchev–Trinajstić information content (AvgIpc) is 2.29. The van der Waals surface area contributed by atoms with Crippen molar-refractivity contribution in [3.8, 4) is 16.9 Å². The lowest BCUT2D eigenvalue weighted by molar-refractivity contribution is 0.403. The van der Waals surface area contributed by atoms with Crippen LogP contribution in [0.3, 0.4) is 0 Å². The monoisotopic (exact) mass is 263 g/mol. The Bertz CT molecular complexity index is 511. The maximum Gasteiger partial charge on any atom is 0.116 e. The fourth-order valence-corrected chi connectivity index (χ4v) is 1.95. The molecule has 2 aromatic carbocycles. The van der Waals surface area contributed by atoms with Crippen LogP contribution in [-0.4, -0.2) is 24.1 Å². The minimum absolute atomic E-state index is 0. The van der Waals surface area contributed by atoms with Gasteiger partial charge < -0.3 is 10.0 Å². The predicted molar refractivity (Wildman–Crippen MR) is 78.2 cm³/mol. The summed E-state index contributed by atoms with van der Waals surface area (Å²) in [6.45, 7) is 0.895. The molecule has 2 nitrogen and oxygen atoms in total. The lowest BCUT2D eigenvalue weighted by Crippen LogP contribution is -2.11. The zero-order valence-corrected chi connectivity index (χ0v) is 11.4. The van der Waals surface area contributed by atoms with E-state index in [0.717, 1.165) is 12.1 Å². The van der Waals surface area contributed by atoms with Crippen molar-refractivity contribution in [1.29, 1.82) is 0 Å². The van der Waals surface area contributed by atoms with Gasteiger partial charge in [0.1, 0.15) is 5.75 Å². The molecule has 18 heavy (non-hydrogen) atoms. The van der Waals surface area contributed by atoms with Crippen LogP contribution in [0.5, 0.6) is 5.75 Å². The molecule has 0 aliphatic heterocycles. The third kappa shape index (κ3) is 3.49. The van der Waals surface area contributed by atoms with Gasteiger partial charge >= 0.3 is 0 Å². The molecule has 0 unspecified atom stereocenters. The van der Waals surface area contributed by atoms with Gasteiger partial charge in [-0.3, -0.25) is 0 Å². The number of nitrogens with zero attached hydrogens (tertiary/aromatic N) is 1. The zero-order valence-electron chi connectivity index (χ0n) is 10.6. The summed E-state index contributed by atoms with van der Waals surface area (Å²) in [6, 6.07) is 15.7. The van der Waals surface area contributed by atoms with Gasteiger partial charge in [-0.05, 0) is 42.9 Å². The first-order valence-corrected chi connectivity index (χ1v) is 5.69. The van der Waals surface area contributed by atoms with Crippen molar-refractivity contribution in [2.45, 2.75) is 6.54 Å². The number of phenolic OH excluding ortho intramolecular Hbond substituents is 1. The van der Waals surface area contributed by atoms with Crippen molar-refractivity contribution in [2.75, 3.05) is 14.1 Å². The van der Waals surface area contributed by atoms with Crippen LogP contribution < -0.4 is 0 Å². The predicted octanol–water partition coefficient (Wildman–Crippen LogP) is 3.54. The molecule has 0 saturated heterocycles. The average molecular weight is 264 g/mol. The van der Waals surface area contributed by atoms with Gasteiger partial charge in [0.25, 0.3) is 0 Å². The molecule has 2 aromatic rings. The smallest absolute Gasteiger partial charge is 0.116 e. The lowest BCUT2D eigenvalue weighted by atomic mass is 9.99. The molecule has 0 bridgehead atoms. The Kier molecular flexibility index (Phi) is 5.20. The van der Waals surface area contributed by atoms with Gasteiger partial charge in [0.05, 0.1) is 0 Å². The molecular formula is C15H18ClNO. The van der Waals surface area contributed by atoms with E-state index < -0.39 is 0 Å². The molecule has 0 fully saturated rings. The van der Waals surface area contributed by atoms with Crippen LogP contribution in [0.25, 0.3) is 11.1 Å². The maximum absolute atomic E-state index is 9.54. The first-order chi connectivity index (χ1) is 8.16. The van der Waals surface area contributed by atoms with E-state index in [1.807, 2.05) is 24.3 Å². The fourth-order valence-electron chi connectivity index (χ4n) is 1.95. The van der Waals surface area contributed by atoms with Crippen molar-refractivity contribution in [2.24, 2.45) is 0 Å². The Morgan fingerprint density at radius 2 is 1.72 bits per heavy atom. The van der Waals surface area contributed by atoms with Gasteiger partial charge in [0, 0.05) is 6.54 Å². The van der Waals surface area contributed by atoms with Crippen molar-refractivity contribution in [3.05, 3.63) is 54.1 Å². The van der Waals surface area contributed by atoms with Gasteiger partial charge in [-0.1, -0.05) is 36.4 Å². The van der Waals surface area contributed by atoms with Crippen molar-refractivity contribution in [1.82, 2.24) is 4.90 Å². The van der Waals surface area contributed by atoms with E-state index in [-0.39, 0.29) is 12.4 Å². The number of rotatable bonds is 3. The molecular weight excluding hydrogens is 246 g/mol. The molecule has 0 saturated carbocycles. The lowest BCUT2D eigenvalue weighted by Gasteiger charge is -2.14. The summed E-state index contributed by atoms with van der Waals surface area (Å²) in [4.78, 5) is 2.14. The summed E-state index contributed by atoms with van der Waals surface area (Å²) < 4.78 is 0. The maximum atomic E-state index is 9.54. The molecule has 0 heterocycles. The highest BCUT2D eigenvalue weighted by molar-refractivity contribution is 5.85. The Morgan fingerprint density at radius 3 is 2.39 bits per heavy atom. The van der Waals surface area contributed by atoms with Crippen molar-refractivity contribution < 1.29 is 5.11 Å². The largest absolute Gasteiger partial charge is 0.508 e. The summed E-state index contributed by atoms with van der Waals surface area (Å²) in [5, 5.41) is 9.54. The molecule has 0 aromatic heterocycles. The van der Waals surface area contributed by atoms with Crippen LogP contribution in [0.15, 0.2) is 48.5 Å². The number of hydrogen-bond donors (Lipinski definition) is 1. The number of phenols is 1. The second-order valence-corrected chi connectivity index (χ2v) is 4.45. The summed E-state index contributed by atoms with van der Waals surface area (Å²) in [5.41, 5.74) is 3.50. The molecule has 0 amide bonds. The third-order valence-electron chi connectivity index (χ3n) is 2.66. The van der Waals surface area contributed by atoms with E-state index in [1.165, 1.54) is 11.1 Å². The van der Waals surface area contributed by atoms with Gasteiger partial charge in [-0.15, -0.1) is 12.4 Å². The Hall–Kier alpha value is -1.51. The summed E-state index contributed by atoms with van der Waals surface area (Å²) in [7, 11) is 4.11. The van der Waals surface area contributed by atoms with Crippen LogP contribution in [-0.2, 0) is 6.54 Å². The standard InChI is InChI=1S/C15H17NO.ClH/c1-16(2)11-13-6-3-4-9-15(13)12-7-5-8-14(17)10-12;/h3-10,17H,11H2,1-2H3;1H. The van der Waals surface area contributed by atoms with Crippen LogP contribution in [0.2, 0.25) is 0 Å². The first kappa shape index (κ1) is 14.6. The van der Waals surface area contributed by atoms with E-state index in [0.29, 0.717) is 5.75 Å². The molecule has 3 heteroatoms. The SMILES string of the molecule is CN(C)Cc1ccccc1-c1cccc(O)c1.Cl. The van der Waals surface area contributed by atoms with Crippen LogP contribution in [0.4, 0.5) is 0 Å². The summed E-state index contributed by atoms with van der Waals surface area (Å²) >= 11 is 0. The van der Waals surface area contributed by atoms with Crippen LogP contribution in [0.1, 0.15) is 5.56 Å². The number of aromatic hydroxyl groups is 1. The first-order valence-electron chi connectivity index (χ1n) is 5.69. The molecule has 2 rings (SSSR count). The van der Waals surface area contributed by atoms with E-state index in [1.54, 1.807) is 12.1 Å². The van der Waals surface area contributed by atoms with Gasteiger partial charge in [0.15, 0.2) is 0 Å². The Morgan fingerprint density at radius 1 is 1.00 bits per heavy atom. The highest BCUT2D eigenvalue weighted by Gasteiger charge is 2.05. The third-order valence-corrected chi connectivity index (χ3v) is 2.66. The highest BCUT2D eigenvalue weighted by atomic mass is 35.5. The fraction of sp³-hybridized carbons (Fsp3) is 0.200. The highest BCUT2D eigenvalue weighted by Crippen LogP contribution is 2.26. The molecule has 0 aliphatic carbocycles. The number of benzene rings is 2. The Balaban J connectivity index is 0.00000162. The molecule has 0 atom stereocenters. The van der Waals surface area contributed by atoms with Gasteiger partial charge in [-0.25, -0.2) is 0 Å². The molecule has 0 spiro atoms. The summed E-state index contributed by atoms with van der Waals surface area (Å²) in [5.74, 6) is 0.308. The molecule has 0 aliphatic rings. The number of halogens is 1. The molecule has 0 radical (unpaired) electrons. The van der Waals surface area contributed by atoms with Gasteiger partial charge in [0.2, 0.25) is 0 Å². The topological polar surface area (TPSA) is 23.5 Å². The van der Waals surface area contributed by atoms with Crippen molar-refractivity contribution in [3.63, 3.8) is 0 Å². The number of hydrogen-bond acceptors (Lipinski definition) is 2. The minimum atomic E-state index is 0. The quantitative estimate of drug-likeness (QED) is 0.916. The second kappa shape index (κ2) is 6.43. The summed E-state index contributed by atoms with van der Waals surface area (Å²) in [6.07, 6.45) is 0. The van der Waals surface area contributed by atoms with Crippen molar-refractivity contribution >= 4 is 12.4 Å². The minimum Gasteiger partial charge on any atom is -0.508 e. The van der Waals surface area contributed by atoms with E-state index in [9.17, 15) is 5.11 Å². The zero-order chi connectivity index (χ0) is 12.3.